The van der Waals surface area contributed by atoms with Crippen LogP contribution >= 0.6 is 24.0 Å². The second-order valence-corrected chi connectivity index (χ2v) is 7.29. The Hall–Kier alpha value is -3.14. The highest BCUT2D eigenvalue weighted by molar-refractivity contribution is 14.0. The summed E-state index contributed by atoms with van der Waals surface area (Å²) in [5, 5.41) is 11.1. The first-order chi connectivity index (χ1) is 15.2. The first-order valence-corrected chi connectivity index (χ1v) is 10.3. The summed E-state index contributed by atoms with van der Waals surface area (Å²) in [5.41, 5.74) is 3.43. The summed E-state index contributed by atoms with van der Waals surface area (Å²) >= 11 is 0. The SMILES string of the molecule is CN=C(NCc1nccn1Cc1ccccc1)NC(C)c1cccc(-n2cccn2)c1.I. The highest BCUT2D eigenvalue weighted by Crippen LogP contribution is 2.16. The Labute approximate surface area is 205 Å². The molecular weight excluding hydrogens is 513 g/mol. The van der Waals surface area contributed by atoms with Crippen LogP contribution in [0.15, 0.2) is 90.4 Å². The van der Waals surface area contributed by atoms with E-state index in [-0.39, 0.29) is 30.0 Å². The van der Waals surface area contributed by atoms with Gasteiger partial charge in [0.15, 0.2) is 5.96 Å². The average Bonchev–Trinajstić information content (AvgIpc) is 3.50. The number of hydrogen-bond donors (Lipinski definition) is 2. The third-order valence-electron chi connectivity index (χ3n) is 5.13. The first-order valence-electron chi connectivity index (χ1n) is 10.3. The van der Waals surface area contributed by atoms with Gasteiger partial charge in [-0.1, -0.05) is 42.5 Å². The van der Waals surface area contributed by atoms with Gasteiger partial charge in [0.05, 0.1) is 18.3 Å². The molecule has 0 amide bonds. The number of hydrogen-bond acceptors (Lipinski definition) is 3. The lowest BCUT2D eigenvalue weighted by atomic mass is 10.1. The fourth-order valence-electron chi connectivity index (χ4n) is 3.44. The molecule has 1 unspecified atom stereocenters. The zero-order valence-corrected chi connectivity index (χ0v) is 20.5. The van der Waals surface area contributed by atoms with Crippen LogP contribution in [0, 0.1) is 0 Å². The van der Waals surface area contributed by atoms with Gasteiger partial charge < -0.3 is 15.2 Å². The van der Waals surface area contributed by atoms with E-state index in [2.05, 4.69) is 73.6 Å². The van der Waals surface area contributed by atoms with Crippen molar-refractivity contribution < 1.29 is 0 Å². The summed E-state index contributed by atoms with van der Waals surface area (Å²) in [4.78, 5) is 8.88. The normalized spacial score (nSPS) is 12.1. The van der Waals surface area contributed by atoms with Crippen LogP contribution in [0.1, 0.15) is 29.9 Å². The van der Waals surface area contributed by atoms with E-state index < -0.39 is 0 Å². The van der Waals surface area contributed by atoms with Gasteiger partial charge in [0.2, 0.25) is 0 Å². The fourth-order valence-corrected chi connectivity index (χ4v) is 3.44. The van der Waals surface area contributed by atoms with Gasteiger partial charge >= 0.3 is 0 Å². The molecule has 7 nitrogen and oxygen atoms in total. The zero-order chi connectivity index (χ0) is 21.5. The van der Waals surface area contributed by atoms with Gasteiger partial charge in [0, 0.05) is 38.4 Å². The number of imidazole rings is 1. The van der Waals surface area contributed by atoms with Crippen molar-refractivity contribution >= 4 is 29.9 Å². The van der Waals surface area contributed by atoms with Crippen molar-refractivity contribution in [1.29, 1.82) is 0 Å². The minimum absolute atomic E-state index is 0. The number of aromatic nitrogens is 4. The number of nitrogens with zero attached hydrogens (tertiary/aromatic N) is 5. The van der Waals surface area contributed by atoms with Crippen molar-refractivity contribution in [3.63, 3.8) is 0 Å². The first kappa shape index (κ1) is 23.5. The summed E-state index contributed by atoms with van der Waals surface area (Å²) in [6.07, 6.45) is 7.56. The molecule has 2 N–H and O–H groups in total. The molecule has 0 spiro atoms. The molecular formula is C24H28IN7. The van der Waals surface area contributed by atoms with Crippen molar-refractivity contribution in [3.8, 4) is 5.69 Å². The Morgan fingerprint density at radius 1 is 1.03 bits per heavy atom. The topological polar surface area (TPSA) is 72.1 Å². The second kappa shape index (κ2) is 11.5. The molecule has 0 saturated heterocycles. The number of rotatable bonds is 7. The van der Waals surface area contributed by atoms with Crippen molar-refractivity contribution in [2.24, 2.45) is 4.99 Å². The molecule has 0 bridgehead atoms. The predicted molar refractivity (Wildman–Crippen MR) is 138 cm³/mol. The summed E-state index contributed by atoms with van der Waals surface area (Å²) < 4.78 is 4.00. The minimum Gasteiger partial charge on any atom is -0.350 e. The molecule has 1 atom stereocenters. The van der Waals surface area contributed by atoms with Gasteiger partial charge in [0.1, 0.15) is 5.82 Å². The van der Waals surface area contributed by atoms with Gasteiger partial charge in [0.25, 0.3) is 0 Å². The van der Waals surface area contributed by atoms with Gasteiger partial charge in [-0.25, -0.2) is 9.67 Å². The van der Waals surface area contributed by atoms with E-state index in [1.165, 1.54) is 5.56 Å². The van der Waals surface area contributed by atoms with Gasteiger partial charge in [-0.05, 0) is 36.2 Å². The lowest BCUT2D eigenvalue weighted by Crippen LogP contribution is -2.38. The molecule has 2 aromatic carbocycles. The van der Waals surface area contributed by atoms with E-state index in [1.54, 1.807) is 13.2 Å². The minimum atomic E-state index is 0. The van der Waals surface area contributed by atoms with E-state index >= 15 is 0 Å². The summed E-state index contributed by atoms with van der Waals surface area (Å²) in [7, 11) is 1.78. The van der Waals surface area contributed by atoms with Gasteiger partial charge in [-0.2, -0.15) is 5.10 Å². The summed E-state index contributed by atoms with van der Waals surface area (Å²) in [5.74, 6) is 1.69. The fraction of sp³-hybridized carbons (Fsp3) is 0.208. The largest absolute Gasteiger partial charge is 0.350 e. The standard InChI is InChI=1S/C24H27N7.HI/c1-19(21-10-6-11-22(16-21)31-14-7-12-28-31)29-24(25-2)27-17-23-26-13-15-30(23)18-20-8-4-3-5-9-20;/h3-16,19H,17-18H2,1-2H3,(H2,25,27,29);1H. The van der Waals surface area contributed by atoms with Crippen LogP contribution in [0.4, 0.5) is 0 Å². The number of guanidine groups is 1. The molecule has 4 rings (SSSR count). The van der Waals surface area contributed by atoms with Crippen LogP contribution in [0.5, 0.6) is 0 Å². The maximum Gasteiger partial charge on any atom is 0.191 e. The maximum atomic E-state index is 4.50. The van der Waals surface area contributed by atoms with Crippen LogP contribution in [0.3, 0.4) is 0 Å². The lowest BCUT2D eigenvalue weighted by Gasteiger charge is -2.19. The van der Waals surface area contributed by atoms with Crippen molar-refractivity contribution in [3.05, 3.63) is 102 Å². The molecule has 0 aliphatic heterocycles. The third kappa shape index (κ3) is 5.97. The molecule has 0 radical (unpaired) electrons. The molecule has 4 aromatic rings. The quantitative estimate of drug-likeness (QED) is 0.210. The molecule has 32 heavy (non-hydrogen) atoms. The van der Waals surface area contributed by atoms with E-state index in [4.69, 9.17) is 0 Å². The van der Waals surface area contributed by atoms with E-state index in [9.17, 15) is 0 Å². The van der Waals surface area contributed by atoms with E-state index in [0.29, 0.717) is 6.54 Å². The maximum absolute atomic E-state index is 4.50. The Bertz CT molecular complexity index is 1120. The average molecular weight is 541 g/mol. The van der Waals surface area contributed by atoms with E-state index in [1.807, 2.05) is 47.5 Å². The van der Waals surface area contributed by atoms with Crippen LogP contribution in [0.2, 0.25) is 0 Å². The number of nitrogens with one attached hydrogen (secondary N) is 2. The van der Waals surface area contributed by atoms with Crippen molar-refractivity contribution in [1.82, 2.24) is 30.0 Å². The van der Waals surface area contributed by atoms with Crippen LogP contribution < -0.4 is 10.6 Å². The van der Waals surface area contributed by atoms with Gasteiger partial charge in [-0.15, -0.1) is 24.0 Å². The molecule has 0 saturated carbocycles. The van der Waals surface area contributed by atoms with Crippen LogP contribution in [-0.4, -0.2) is 32.3 Å². The Balaban J connectivity index is 0.00000289. The molecule has 166 valence electrons. The molecule has 8 heteroatoms. The summed E-state index contributed by atoms with van der Waals surface area (Å²) in [6.45, 7) is 3.49. The second-order valence-electron chi connectivity index (χ2n) is 7.29. The Kier molecular flexibility index (Phi) is 8.43. The zero-order valence-electron chi connectivity index (χ0n) is 18.2. The molecule has 2 heterocycles. The molecule has 0 aliphatic carbocycles. The number of aliphatic imine (C=N–C) groups is 1. The van der Waals surface area contributed by atoms with Crippen molar-refractivity contribution in [2.45, 2.75) is 26.1 Å². The molecule has 2 aromatic heterocycles. The molecule has 0 aliphatic rings. The van der Waals surface area contributed by atoms with Crippen molar-refractivity contribution in [2.75, 3.05) is 7.05 Å². The van der Waals surface area contributed by atoms with Gasteiger partial charge in [-0.3, -0.25) is 4.99 Å². The highest BCUT2D eigenvalue weighted by atomic mass is 127. The third-order valence-corrected chi connectivity index (χ3v) is 5.13. The Morgan fingerprint density at radius 2 is 1.88 bits per heavy atom. The monoisotopic (exact) mass is 541 g/mol. The lowest BCUT2D eigenvalue weighted by molar-refractivity contribution is 0.657. The predicted octanol–water partition coefficient (Wildman–Crippen LogP) is 4.16. The molecule has 0 fully saturated rings. The summed E-state index contributed by atoms with van der Waals surface area (Å²) in [6, 6.07) is 20.7. The van der Waals surface area contributed by atoms with E-state index in [0.717, 1.165) is 29.6 Å². The highest BCUT2D eigenvalue weighted by Gasteiger charge is 2.10. The van der Waals surface area contributed by atoms with Crippen LogP contribution in [-0.2, 0) is 13.1 Å². The number of halogens is 1. The Morgan fingerprint density at radius 3 is 2.62 bits per heavy atom. The smallest absolute Gasteiger partial charge is 0.191 e. The number of benzene rings is 2. The van der Waals surface area contributed by atoms with Crippen LogP contribution in [0.25, 0.3) is 5.69 Å².